The van der Waals surface area contributed by atoms with Crippen molar-refractivity contribution in [1.29, 1.82) is 0 Å². The van der Waals surface area contributed by atoms with Gasteiger partial charge in [0.1, 0.15) is 0 Å². The van der Waals surface area contributed by atoms with Crippen LogP contribution >= 0.6 is 0 Å². The highest BCUT2D eigenvalue weighted by Crippen LogP contribution is 2.58. The van der Waals surface area contributed by atoms with Crippen molar-refractivity contribution in [3.8, 4) is 0 Å². The highest BCUT2D eigenvalue weighted by Gasteiger charge is 2.53. The van der Waals surface area contributed by atoms with E-state index >= 15 is 0 Å². The lowest BCUT2D eigenvalue weighted by molar-refractivity contribution is -0.122. The van der Waals surface area contributed by atoms with Crippen LogP contribution in [-0.2, 0) is 16.0 Å². The summed E-state index contributed by atoms with van der Waals surface area (Å²) in [4.78, 5) is 12.3. The number of amides is 1. The van der Waals surface area contributed by atoms with E-state index in [1.807, 2.05) is 6.07 Å². The summed E-state index contributed by atoms with van der Waals surface area (Å²) in [5.74, 6) is 3.84. The number of fused-ring (bicyclic) bond motifs is 5. The molecule has 1 N–H and O–H groups in total. The lowest BCUT2D eigenvalue weighted by Crippen LogP contribution is -2.42. The topological polar surface area (TPSA) is 38.3 Å². The molecule has 3 saturated carbocycles. The van der Waals surface area contributed by atoms with E-state index in [2.05, 4.69) is 29.6 Å². The molecule has 3 nitrogen and oxygen atoms in total. The molecule has 3 aliphatic rings. The van der Waals surface area contributed by atoms with Crippen LogP contribution in [-0.4, -0.2) is 25.2 Å². The van der Waals surface area contributed by atoms with Gasteiger partial charge >= 0.3 is 0 Å². The Bertz CT molecular complexity index is 573. The maximum absolute atomic E-state index is 12.3. The van der Waals surface area contributed by atoms with Gasteiger partial charge in [-0.2, -0.15) is 0 Å². The number of rotatable bonds is 8. The van der Waals surface area contributed by atoms with Crippen molar-refractivity contribution < 1.29 is 9.53 Å². The summed E-state index contributed by atoms with van der Waals surface area (Å²) in [6.07, 6.45) is 9.28. The van der Waals surface area contributed by atoms with E-state index in [1.165, 1.54) is 37.7 Å². The first-order valence-electron chi connectivity index (χ1n) is 10.2. The van der Waals surface area contributed by atoms with E-state index in [-0.39, 0.29) is 5.91 Å². The average molecular weight is 341 g/mol. The van der Waals surface area contributed by atoms with Gasteiger partial charge in [-0.1, -0.05) is 36.8 Å². The standard InChI is InChI=1S/C22H31NO2/c24-22(10-5-12-25-13-11-16-6-2-1-3-7-16)23-21-15-17-14-20(21)19-9-4-8-18(17)19/h1-3,6-7,17-21H,4-5,8-15H2,(H,23,24)/t17-,18+,19-,20+,21-/m1/s1. The third-order valence-electron chi connectivity index (χ3n) is 6.85. The minimum Gasteiger partial charge on any atom is -0.381 e. The van der Waals surface area contributed by atoms with Gasteiger partial charge in [0.2, 0.25) is 5.91 Å². The molecular formula is C22H31NO2. The predicted molar refractivity (Wildman–Crippen MR) is 99.2 cm³/mol. The summed E-state index contributed by atoms with van der Waals surface area (Å²) in [5.41, 5.74) is 1.31. The van der Waals surface area contributed by atoms with Crippen LogP contribution in [0.2, 0.25) is 0 Å². The van der Waals surface area contributed by atoms with Crippen molar-refractivity contribution in [1.82, 2.24) is 5.32 Å². The van der Waals surface area contributed by atoms with Gasteiger partial charge < -0.3 is 10.1 Å². The second kappa shape index (κ2) is 7.90. The van der Waals surface area contributed by atoms with Gasteiger partial charge in [0.05, 0.1) is 6.61 Å². The highest BCUT2D eigenvalue weighted by atomic mass is 16.5. The smallest absolute Gasteiger partial charge is 0.220 e. The van der Waals surface area contributed by atoms with Crippen LogP contribution < -0.4 is 5.32 Å². The fraction of sp³-hybridized carbons (Fsp3) is 0.682. The average Bonchev–Trinajstić information content (AvgIpc) is 3.32. The molecule has 0 unspecified atom stereocenters. The van der Waals surface area contributed by atoms with Crippen molar-refractivity contribution in [2.75, 3.05) is 13.2 Å². The van der Waals surface area contributed by atoms with Gasteiger partial charge in [-0.3, -0.25) is 4.79 Å². The number of hydrogen-bond donors (Lipinski definition) is 1. The van der Waals surface area contributed by atoms with E-state index < -0.39 is 0 Å². The molecule has 3 fully saturated rings. The van der Waals surface area contributed by atoms with Crippen LogP contribution in [0.1, 0.15) is 50.5 Å². The summed E-state index contributed by atoms with van der Waals surface area (Å²) in [5, 5.41) is 3.35. The number of hydrogen-bond acceptors (Lipinski definition) is 2. The van der Waals surface area contributed by atoms with Crippen molar-refractivity contribution in [2.45, 2.75) is 57.4 Å². The number of ether oxygens (including phenoxy) is 1. The Kier molecular flexibility index (Phi) is 5.40. The molecule has 136 valence electrons. The minimum absolute atomic E-state index is 0.235. The van der Waals surface area contributed by atoms with E-state index in [4.69, 9.17) is 4.74 Å². The number of nitrogens with one attached hydrogen (secondary N) is 1. The number of carbonyl (C=O) groups is 1. The van der Waals surface area contributed by atoms with Crippen LogP contribution in [0.5, 0.6) is 0 Å². The largest absolute Gasteiger partial charge is 0.381 e. The normalized spacial score (nSPS) is 32.7. The Morgan fingerprint density at radius 1 is 1.04 bits per heavy atom. The molecule has 0 aliphatic heterocycles. The van der Waals surface area contributed by atoms with Gasteiger partial charge in [0, 0.05) is 19.1 Å². The lowest BCUT2D eigenvalue weighted by atomic mass is 9.79. The second-order valence-electron chi connectivity index (χ2n) is 8.28. The molecule has 0 radical (unpaired) electrons. The first-order valence-corrected chi connectivity index (χ1v) is 10.2. The quantitative estimate of drug-likeness (QED) is 0.727. The Balaban J connectivity index is 1.09. The third-order valence-corrected chi connectivity index (χ3v) is 6.85. The molecule has 1 aromatic rings. The lowest BCUT2D eigenvalue weighted by Gasteiger charge is -2.32. The Hall–Kier alpha value is -1.35. The maximum Gasteiger partial charge on any atom is 0.220 e. The van der Waals surface area contributed by atoms with Crippen molar-refractivity contribution in [3.05, 3.63) is 35.9 Å². The molecule has 0 spiro atoms. The zero-order valence-electron chi connectivity index (χ0n) is 15.2. The van der Waals surface area contributed by atoms with Gasteiger partial charge in [-0.25, -0.2) is 0 Å². The molecule has 4 rings (SSSR count). The molecular weight excluding hydrogens is 310 g/mol. The molecule has 2 bridgehead atoms. The second-order valence-corrected chi connectivity index (χ2v) is 8.28. The van der Waals surface area contributed by atoms with Gasteiger partial charge in [-0.05, 0) is 67.8 Å². The SMILES string of the molecule is O=C(CCCOCCc1ccccc1)N[C@@H]1C[C@H]2C[C@H]1[C@@H]1CCC[C@@H]21. The molecule has 3 heteroatoms. The molecule has 1 amide bonds. The molecule has 5 atom stereocenters. The zero-order chi connectivity index (χ0) is 17.1. The zero-order valence-corrected chi connectivity index (χ0v) is 15.2. The van der Waals surface area contributed by atoms with E-state index in [1.54, 1.807) is 0 Å². The molecule has 1 aromatic carbocycles. The number of benzene rings is 1. The van der Waals surface area contributed by atoms with Crippen LogP contribution in [0.3, 0.4) is 0 Å². The molecule has 0 aromatic heterocycles. The molecule has 25 heavy (non-hydrogen) atoms. The monoisotopic (exact) mass is 341 g/mol. The molecule has 0 heterocycles. The first kappa shape index (κ1) is 17.1. The van der Waals surface area contributed by atoms with Crippen molar-refractivity contribution in [2.24, 2.45) is 23.7 Å². The van der Waals surface area contributed by atoms with Crippen LogP contribution in [0.25, 0.3) is 0 Å². The highest BCUT2D eigenvalue weighted by molar-refractivity contribution is 5.76. The Morgan fingerprint density at radius 3 is 2.76 bits per heavy atom. The van der Waals surface area contributed by atoms with E-state index in [0.29, 0.717) is 19.1 Å². The van der Waals surface area contributed by atoms with E-state index in [0.717, 1.165) is 43.1 Å². The Morgan fingerprint density at radius 2 is 1.88 bits per heavy atom. The fourth-order valence-electron chi connectivity index (χ4n) is 5.78. The number of carbonyl (C=O) groups excluding carboxylic acids is 1. The van der Waals surface area contributed by atoms with Crippen molar-refractivity contribution in [3.63, 3.8) is 0 Å². The van der Waals surface area contributed by atoms with Gasteiger partial charge in [0.15, 0.2) is 0 Å². The van der Waals surface area contributed by atoms with Crippen LogP contribution in [0.15, 0.2) is 30.3 Å². The summed E-state index contributed by atoms with van der Waals surface area (Å²) < 4.78 is 5.68. The Labute approximate surface area is 151 Å². The predicted octanol–water partition coefficient (Wildman–Crippen LogP) is 3.97. The third kappa shape index (κ3) is 3.92. The van der Waals surface area contributed by atoms with E-state index in [9.17, 15) is 4.79 Å². The minimum atomic E-state index is 0.235. The summed E-state index contributed by atoms with van der Waals surface area (Å²) in [7, 11) is 0. The molecule has 3 aliphatic carbocycles. The maximum atomic E-state index is 12.3. The van der Waals surface area contributed by atoms with Gasteiger partial charge in [0.25, 0.3) is 0 Å². The van der Waals surface area contributed by atoms with Crippen LogP contribution in [0.4, 0.5) is 0 Å². The summed E-state index contributed by atoms with van der Waals surface area (Å²) in [6, 6.07) is 10.9. The molecule has 0 saturated heterocycles. The summed E-state index contributed by atoms with van der Waals surface area (Å²) in [6.45, 7) is 1.42. The fourth-order valence-corrected chi connectivity index (χ4v) is 5.78. The van der Waals surface area contributed by atoms with Gasteiger partial charge in [-0.15, -0.1) is 0 Å². The summed E-state index contributed by atoms with van der Waals surface area (Å²) >= 11 is 0. The first-order chi connectivity index (χ1) is 12.3. The van der Waals surface area contributed by atoms with Crippen LogP contribution in [0, 0.1) is 23.7 Å². The van der Waals surface area contributed by atoms with Crippen molar-refractivity contribution >= 4 is 5.91 Å².